The molecule has 98 valence electrons. The Morgan fingerprint density at radius 3 is 2.61 bits per heavy atom. The van der Waals surface area contributed by atoms with Crippen molar-refractivity contribution < 1.29 is 5.21 Å². The lowest BCUT2D eigenvalue weighted by Crippen LogP contribution is -2.37. The van der Waals surface area contributed by atoms with E-state index >= 15 is 0 Å². The Morgan fingerprint density at radius 2 is 2.00 bits per heavy atom. The topological polar surface area (TPSA) is 73.9 Å². The first-order valence-corrected chi connectivity index (χ1v) is 6.27. The zero-order chi connectivity index (χ0) is 12.8. The van der Waals surface area contributed by atoms with Gasteiger partial charge in [-0.05, 0) is 18.4 Å². The van der Waals surface area contributed by atoms with Crippen molar-refractivity contribution in [1.29, 1.82) is 0 Å². The number of piperidine rings is 1. The maximum absolute atomic E-state index is 8.60. The van der Waals surface area contributed by atoms with Crippen molar-refractivity contribution in [1.82, 2.24) is 10.4 Å². The van der Waals surface area contributed by atoms with Crippen LogP contribution in [0.25, 0.3) is 0 Å². The molecule has 18 heavy (non-hydrogen) atoms. The molecule has 0 radical (unpaired) electrons. The van der Waals surface area contributed by atoms with Gasteiger partial charge in [0.05, 0.1) is 6.04 Å². The Kier molecular flexibility index (Phi) is 4.55. The molecular weight excluding hydrogens is 228 g/mol. The predicted molar refractivity (Wildman–Crippen MR) is 71.3 cm³/mol. The number of benzene rings is 1. The van der Waals surface area contributed by atoms with Crippen LogP contribution in [0.5, 0.6) is 0 Å². The van der Waals surface area contributed by atoms with E-state index in [0.29, 0.717) is 0 Å². The summed E-state index contributed by atoms with van der Waals surface area (Å²) in [7, 11) is 0. The molecule has 0 bridgehead atoms. The van der Waals surface area contributed by atoms with Crippen molar-refractivity contribution in [2.24, 2.45) is 10.7 Å². The molecule has 0 amide bonds. The zero-order valence-corrected chi connectivity index (χ0v) is 10.4. The number of likely N-dealkylation sites (tertiary alicyclic amines) is 1. The van der Waals surface area contributed by atoms with Gasteiger partial charge in [-0.3, -0.25) is 10.1 Å². The molecule has 5 heteroatoms. The minimum absolute atomic E-state index is 0.108. The molecule has 5 nitrogen and oxygen atoms in total. The first-order chi connectivity index (χ1) is 8.78. The second-order valence-corrected chi connectivity index (χ2v) is 4.62. The first-order valence-electron chi connectivity index (χ1n) is 6.27. The third-order valence-corrected chi connectivity index (χ3v) is 3.24. The van der Waals surface area contributed by atoms with Crippen LogP contribution >= 0.6 is 0 Å². The summed E-state index contributed by atoms with van der Waals surface area (Å²) in [5, 5.41) is 8.60. The fraction of sp³-hybridized carbons (Fsp3) is 0.462. The number of hydrogen-bond acceptors (Lipinski definition) is 3. The standard InChI is InChI=1S/C13H20N4O/c14-13(16-18)15-12-6-8-17(9-7-12)10-11-4-2-1-3-5-11/h1-5,12,18H,6-10H2,(H3,14,15,16). The average Bonchev–Trinajstić information content (AvgIpc) is 2.42. The van der Waals surface area contributed by atoms with Gasteiger partial charge < -0.3 is 5.73 Å². The van der Waals surface area contributed by atoms with Gasteiger partial charge in [-0.1, -0.05) is 30.3 Å². The van der Waals surface area contributed by atoms with Crippen LogP contribution in [0.4, 0.5) is 0 Å². The van der Waals surface area contributed by atoms with Crippen LogP contribution < -0.4 is 11.2 Å². The summed E-state index contributed by atoms with van der Waals surface area (Å²) in [6, 6.07) is 10.7. The number of aliphatic imine (C=N–C) groups is 1. The van der Waals surface area contributed by atoms with Crippen molar-refractivity contribution in [3.63, 3.8) is 0 Å². The highest BCUT2D eigenvalue weighted by Gasteiger charge is 2.18. The number of guanidine groups is 1. The van der Waals surface area contributed by atoms with E-state index in [-0.39, 0.29) is 12.0 Å². The van der Waals surface area contributed by atoms with Gasteiger partial charge in [0.1, 0.15) is 0 Å². The summed E-state index contributed by atoms with van der Waals surface area (Å²) in [6.07, 6.45) is 1.96. The van der Waals surface area contributed by atoms with Crippen LogP contribution in [-0.2, 0) is 6.54 Å². The maximum Gasteiger partial charge on any atom is 0.213 e. The number of hydrogen-bond donors (Lipinski definition) is 3. The molecule has 1 aliphatic heterocycles. The zero-order valence-electron chi connectivity index (χ0n) is 10.4. The Hall–Kier alpha value is -1.59. The van der Waals surface area contributed by atoms with Gasteiger partial charge >= 0.3 is 0 Å². The molecular formula is C13H20N4O. The van der Waals surface area contributed by atoms with Gasteiger partial charge in [-0.25, -0.2) is 10.5 Å². The molecule has 0 spiro atoms. The normalized spacial score (nSPS) is 18.8. The van der Waals surface area contributed by atoms with Crippen molar-refractivity contribution in [3.8, 4) is 0 Å². The average molecular weight is 248 g/mol. The fourth-order valence-electron chi connectivity index (χ4n) is 2.27. The van der Waals surface area contributed by atoms with Gasteiger partial charge in [-0.15, -0.1) is 0 Å². The van der Waals surface area contributed by atoms with Crippen molar-refractivity contribution in [2.75, 3.05) is 13.1 Å². The smallest absolute Gasteiger partial charge is 0.213 e. The molecule has 2 rings (SSSR count). The van der Waals surface area contributed by atoms with E-state index < -0.39 is 0 Å². The summed E-state index contributed by atoms with van der Waals surface area (Å²) in [4.78, 5) is 6.62. The second kappa shape index (κ2) is 6.37. The molecule has 0 atom stereocenters. The lowest BCUT2D eigenvalue weighted by atomic mass is 10.0. The molecule has 4 N–H and O–H groups in total. The van der Waals surface area contributed by atoms with Gasteiger partial charge in [-0.2, -0.15) is 0 Å². The van der Waals surface area contributed by atoms with E-state index in [4.69, 9.17) is 10.9 Å². The van der Waals surface area contributed by atoms with Crippen molar-refractivity contribution >= 4 is 5.96 Å². The second-order valence-electron chi connectivity index (χ2n) is 4.62. The number of nitrogens with two attached hydrogens (primary N) is 1. The third-order valence-electron chi connectivity index (χ3n) is 3.24. The number of rotatable bonds is 3. The number of nitrogens with one attached hydrogen (secondary N) is 1. The highest BCUT2D eigenvalue weighted by molar-refractivity contribution is 5.76. The lowest BCUT2D eigenvalue weighted by Gasteiger charge is -2.30. The fourth-order valence-corrected chi connectivity index (χ4v) is 2.27. The monoisotopic (exact) mass is 248 g/mol. The van der Waals surface area contributed by atoms with E-state index in [1.807, 2.05) is 11.5 Å². The van der Waals surface area contributed by atoms with Crippen molar-refractivity contribution in [3.05, 3.63) is 35.9 Å². The molecule has 1 saturated heterocycles. The summed E-state index contributed by atoms with van der Waals surface area (Å²) in [6.45, 7) is 3.02. The predicted octanol–water partition coefficient (Wildman–Crippen LogP) is 0.944. The summed E-state index contributed by atoms with van der Waals surface area (Å²) in [5.74, 6) is 0.108. The molecule has 1 aromatic carbocycles. The first kappa shape index (κ1) is 12.9. The molecule has 0 unspecified atom stereocenters. The van der Waals surface area contributed by atoms with Crippen LogP contribution in [0, 0.1) is 0 Å². The van der Waals surface area contributed by atoms with E-state index in [1.165, 1.54) is 5.56 Å². The van der Waals surface area contributed by atoms with Crippen LogP contribution in [0.15, 0.2) is 35.3 Å². The summed E-state index contributed by atoms with van der Waals surface area (Å²) >= 11 is 0. The number of hydroxylamine groups is 1. The highest BCUT2D eigenvalue weighted by Crippen LogP contribution is 2.15. The maximum atomic E-state index is 8.60. The Morgan fingerprint density at radius 1 is 1.33 bits per heavy atom. The van der Waals surface area contributed by atoms with E-state index in [0.717, 1.165) is 32.5 Å². The molecule has 1 heterocycles. The summed E-state index contributed by atoms with van der Waals surface area (Å²) in [5.41, 5.74) is 8.66. The Bertz CT molecular complexity index is 385. The minimum atomic E-state index is 0.108. The Labute approximate surface area is 107 Å². The Balaban J connectivity index is 1.80. The van der Waals surface area contributed by atoms with Crippen molar-refractivity contribution in [2.45, 2.75) is 25.4 Å². The van der Waals surface area contributed by atoms with Gasteiger partial charge in [0.2, 0.25) is 5.96 Å². The van der Waals surface area contributed by atoms with Crippen LogP contribution in [0.1, 0.15) is 18.4 Å². The SMILES string of the molecule is NC(=NC1CCN(Cc2ccccc2)CC1)NO. The van der Waals surface area contributed by atoms with E-state index in [9.17, 15) is 0 Å². The largest absolute Gasteiger partial charge is 0.368 e. The van der Waals surface area contributed by atoms with E-state index in [2.05, 4.69) is 34.2 Å². The molecule has 0 saturated carbocycles. The van der Waals surface area contributed by atoms with Gasteiger partial charge in [0, 0.05) is 19.6 Å². The van der Waals surface area contributed by atoms with Gasteiger partial charge in [0.25, 0.3) is 0 Å². The van der Waals surface area contributed by atoms with Crippen LogP contribution in [-0.4, -0.2) is 35.2 Å². The molecule has 0 aliphatic carbocycles. The van der Waals surface area contributed by atoms with E-state index in [1.54, 1.807) is 0 Å². The minimum Gasteiger partial charge on any atom is -0.368 e. The van der Waals surface area contributed by atoms with Gasteiger partial charge in [0.15, 0.2) is 0 Å². The molecule has 0 aromatic heterocycles. The number of nitrogens with zero attached hydrogens (tertiary/aromatic N) is 2. The molecule has 1 fully saturated rings. The summed E-state index contributed by atoms with van der Waals surface area (Å²) < 4.78 is 0. The molecule has 1 aliphatic rings. The van der Waals surface area contributed by atoms with Crippen LogP contribution in [0.3, 0.4) is 0 Å². The van der Waals surface area contributed by atoms with Crippen LogP contribution in [0.2, 0.25) is 0 Å². The highest BCUT2D eigenvalue weighted by atomic mass is 16.5. The lowest BCUT2D eigenvalue weighted by molar-refractivity contribution is 0.203. The quantitative estimate of drug-likeness (QED) is 0.423. The third kappa shape index (κ3) is 3.72. The molecule has 1 aromatic rings.